The molecular formula is C17H13BrN2O2S. The third kappa shape index (κ3) is 3.83. The Kier molecular flexibility index (Phi) is 4.54. The minimum atomic E-state index is -0.175. The maximum absolute atomic E-state index is 12.1. The van der Waals surface area contributed by atoms with Crippen LogP contribution in [-0.4, -0.2) is 16.2 Å². The van der Waals surface area contributed by atoms with E-state index >= 15 is 0 Å². The van der Waals surface area contributed by atoms with Crippen molar-refractivity contribution in [1.82, 2.24) is 5.32 Å². The topological polar surface area (TPSA) is 61.7 Å². The van der Waals surface area contributed by atoms with Crippen molar-refractivity contribution in [3.8, 4) is 5.75 Å². The zero-order valence-electron chi connectivity index (χ0n) is 12.2. The Morgan fingerprint density at radius 1 is 1.26 bits per heavy atom. The van der Waals surface area contributed by atoms with Crippen LogP contribution >= 0.6 is 27.7 Å². The molecule has 2 aromatic rings. The Morgan fingerprint density at radius 2 is 2.09 bits per heavy atom. The van der Waals surface area contributed by atoms with E-state index in [1.807, 2.05) is 31.2 Å². The third-order valence-corrected chi connectivity index (χ3v) is 4.70. The smallest absolute Gasteiger partial charge is 0.264 e. The summed E-state index contributed by atoms with van der Waals surface area (Å²) in [5, 5.41) is 12.8. The second-order valence-corrected chi connectivity index (χ2v) is 6.92. The molecule has 0 aliphatic carbocycles. The fourth-order valence-electron chi connectivity index (χ4n) is 2.06. The molecule has 2 N–H and O–H groups in total. The first-order valence-electron chi connectivity index (χ1n) is 6.86. The zero-order chi connectivity index (χ0) is 16.4. The number of carbonyl (C=O) groups is 1. The van der Waals surface area contributed by atoms with Crippen LogP contribution in [-0.2, 0) is 4.79 Å². The highest BCUT2D eigenvalue weighted by Gasteiger charge is 2.23. The molecule has 1 aliphatic rings. The van der Waals surface area contributed by atoms with Gasteiger partial charge in [0.1, 0.15) is 5.75 Å². The highest BCUT2D eigenvalue weighted by Crippen LogP contribution is 2.30. The zero-order valence-corrected chi connectivity index (χ0v) is 14.6. The van der Waals surface area contributed by atoms with Gasteiger partial charge in [0.2, 0.25) is 0 Å². The quantitative estimate of drug-likeness (QED) is 0.751. The number of amides is 1. The summed E-state index contributed by atoms with van der Waals surface area (Å²) in [5.74, 6) is -0.0111. The number of hydrogen-bond donors (Lipinski definition) is 2. The number of aryl methyl sites for hydroxylation is 1. The number of nitrogens with one attached hydrogen (secondary N) is 1. The van der Waals surface area contributed by atoms with Crippen molar-refractivity contribution in [2.75, 3.05) is 0 Å². The average molecular weight is 389 g/mol. The van der Waals surface area contributed by atoms with Gasteiger partial charge in [0.05, 0.1) is 15.1 Å². The summed E-state index contributed by atoms with van der Waals surface area (Å²) >= 11 is 4.56. The Hall–Kier alpha value is -2.05. The van der Waals surface area contributed by atoms with Crippen LogP contribution in [0.2, 0.25) is 0 Å². The van der Waals surface area contributed by atoms with Crippen molar-refractivity contribution < 1.29 is 9.90 Å². The molecule has 0 aromatic heterocycles. The van der Waals surface area contributed by atoms with Gasteiger partial charge in [-0.25, -0.2) is 4.99 Å². The number of benzene rings is 2. The number of carbonyl (C=O) groups excluding carboxylic acids is 1. The fraction of sp³-hybridized carbons (Fsp3) is 0.0588. The van der Waals surface area contributed by atoms with Crippen molar-refractivity contribution >= 4 is 50.5 Å². The molecule has 0 unspecified atom stereocenters. The van der Waals surface area contributed by atoms with Crippen molar-refractivity contribution in [3.05, 3.63) is 63.0 Å². The number of nitrogens with zero attached hydrogens (tertiary/aromatic N) is 1. The van der Waals surface area contributed by atoms with Crippen LogP contribution in [0.3, 0.4) is 0 Å². The molecule has 1 saturated heterocycles. The fourth-order valence-corrected chi connectivity index (χ4v) is 3.30. The first-order valence-corrected chi connectivity index (χ1v) is 8.47. The van der Waals surface area contributed by atoms with E-state index in [0.717, 1.165) is 16.8 Å². The molecule has 1 amide bonds. The highest BCUT2D eigenvalue weighted by atomic mass is 79.9. The van der Waals surface area contributed by atoms with E-state index in [4.69, 9.17) is 0 Å². The minimum Gasteiger partial charge on any atom is -0.507 e. The molecule has 1 heterocycles. The van der Waals surface area contributed by atoms with E-state index in [-0.39, 0.29) is 11.7 Å². The SMILES string of the molecule is Cc1cccc(N=C2NC(=O)/C(=C\c3ccc(O)c(Br)c3)S2)c1. The van der Waals surface area contributed by atoms with Gasteiger partial charge in [-0.1, -0.05) is 18.2 Å². The van der Waals surface area contributed by atoms with E-state index < -0.39 is 0 Å². The van der Waals surface area contributed by atoms with E-state index in [2.05, 4.69) is 26.2 Å². The molecule has 1 fully saturated rings. The van der Waals surface area contributed by atoms with Gasteiger partial charge in [-0.15, -0.1) is 0 Å². The number of thioether (sulfide) groups is 1. The van der Waals surface area contributed by atoms with E-state index in [9.17, 15) is 9.90 Å². The minimum absolute atomic E-state index is 0.164. The van der Waals surface area contributed by atoms with Crippen LogP contribution in [0.15, 0.2) is 56.8 Å². The Balaban J connectivity index is 1.84. The largest absolute Gasteiger partial charge is 0.507 e. The molecular weight excluding hydrogens is 376 g/mol. The van der Waals surface area contributed by atoms with Crippen LogP contribution in [0.1, 0.15) is 11.1 Å². The van der Waals surface area contributed by atoms with E-state index in [1.165, 1.54) is 11.8 Å². The number of aliphatic imine (C=N–C) groups is 1. The van der Waals surface area contributed by atoms with Gasteiger partial charge in [0.25, 0.3) is 5.91 Å². The summed E-state index contributed by atoms with van der Waals surface area (Å²) in [6, 6.07) is 12.9. The van der Waals surface area contributed by atoms with Crippen molar-refractivity contribution in [3.63, 3.8) is 0 Å². The molecule has 23 heavy (non-hydrogen) atoms. The van der Waals surface area contributed by atoms with Gasteiger partial charge in [0, 0.05) is 0 Å². The average Bonchev–Trinajstić information content (AvgIpc) is 2.83. The lowest BCUT2D eigenvalue weighted by molar-refractivity contribution is -0.115. The maximum atomic E-state index is 12.1. The molecule has 0 saturated carbocycles. The van der Waals surface area contributed by atoms with Crippen LogP contribution in [0.25, 0.3) is 6.08 Å². The summed E-state index contributed by atoms with van der Waals surface area (Å²) in [4.78, 5) is 17.1. The summed E-state index contributed by atoms with van der Waals surface area (Å²) < 4.78 is 0.587. The van der Waals surface area contributed by atoms with Crippen LogP contribution in [0.4, 0.5) is 5.69 Å². The Morgan fingerprint density at radius 3 is 2.83 bits per heavy atom. The second kappa shape index (κ2) is 6.60. The molecule has 4 nitrogen and oxygen atoms in total. The Bertz CT molecular complexity index is 846. The molecule has 6 heteroatoms. The Labute approximate surface area is 146 Å². The van der Waals surface area contributed by atoms with Crippen LogP contribution < -0.4 is 5.32 Å². The maximum Gasteiger partial charge on any atom is 0.264 e. The lowest BCUT2D eigenvalue weighted by atomic mass is 10.2. The predicted molar refractivity (Wildman–Crippen MR) is 97.8 cm³/mol. The van der Waals surface area contributed by atoms with Crippen LogP contribution in [0, 0.1) is 6.92 Å². The number of rotatable bonds is 2. The first-order chi connectivity index (χ1) is 11.0. The standard InChI is InChI=1S/C17H13BrN2O2S/c1-10-3-2-4-12(7-10)19-17-20-16(22)15(23-17)9-11-5-6-14(21)13(18)8-11/h2-9,21H,1H3,(H,19,20,22)/b15-9+. The van der Waals surface area contributed by atoms with Gasteiger partial charge in [-0.3, -0.25) is 4.79 Å². The summed E-state index contributed by atoms with van der Waals surface area (Å²) in [6.07, 6.45) is 1.77. The molecule has 0 spiro atoms. The third-order valence-electron chi connectivity index (χ3n) is 3.15. The lowest BCUT2D eigenvalue weighted by Gasteiger charge is -1.99. The predicted octanol–water partition coefficient (Wildman–Crippen LogP) is 4.35. The van der Waals surface area contributed by atoms with Gasteiger partial charge in [-0.05, 0) is 76.1 Å². The number of phenolic OH excluding ortho intramolecular Hbond substituents is 1. The van der Waals surface area contributed by atoms with Gasteiger partial charge >= 0.3 is 0 Å². The number of halogens is 1. The number of phenols is 1. The monoisotopic (exact) mass is 388 g/mol. The number of aromatic hydroxyl groups is 1. The summed E-state index contributed by atoms with van der Waals surface area (Å²) in [7, 11) is 0. The van der Waals surface area contributed by atoms with E-state index in [1.54, 1.807) is 24.3 Å². The molecule has 116 valence electrons. The summed E-state index contributed by atoms with van der Waals surface area (Å²) in [6.45, 7) is 2.00. The van der Waals surface area contributed by atoms with Gasteiger partial charge in [-0.2, -0.15) is 0 Å². The highest BCUT2D eigenvalue weighted by molar-refractivity contribution is 9.10. The number of amidine groups is 1. The van der Waals surface area contributed by atoms with Crippen molar-refractivity contribution in [2.24, 2.45) is 4.99 Å². The molecule has 2 aromatic carbocycles. The van der Waals surface area contributed by atoms with Crippen molar-refractivity contribution in [1.29, 1.82) is 0 Å². The van der Waals surface area contributed by atoms with Crippen LogP contribution in [0.5, 0.6) is 5.75 Å². The van der Waals surface area contributed by atoms with Gasteiger partial charge < -0.3 is 10.4 Å². The first kappa shape index (κ1) is 15.8. The molecule has 0 atom stereocenters. The number of hydrogen-bond acceptors (Lipinski definition) is 4. The van der Waals surface area contributed by atoms with E-state index in [0.29, 0.717) is 14.5 Å². The molecule has 1 aliphatic heterocycles. The molecule has 0 bridgehead atoms. The van der Waals surface area contributed by atoms with Crippen molar-refractivity contribution in [2.45, 2.75) is 6.92 Å². The van der Waals surface area contributed by atoms with Gasteiger partial charge in [0.15, 0.2) is 5.17 Å². The summed E-state index contributed by atoms with van der Waals surface area (Å²) in [5.41, 5.74) is 2.75. The molecule has 0 radical (unpaired) electrons. The molecule has 3 rings (SSSR count). The second-order valence-electron chi connectivity index (χ2n) is 5.03. The lowest BCUT2D eigenvalue weighted by Crippen LogP contribution is -2.19. The normalized spacial score (nSPS) is 17.7.